The number of amides is 1. The maximum absolute atomic E-state index is 12.3. The van der Waals surface area contributed by atoms with Gasteiger partial charge in [-0.05, 0) is 38.3 Å². The number of aryl methyl sites for hydroxylation is 1. The maximum atomic E-state index is 12.3. The molecule has 7 heteroatoms. The van der Waals surface area contributed by atoms with Crippen LogP contribution in [0.4, 0.5) is 0 Å². The lowest BCUT2D eigenvalue weighted by Gasteiger charge is -2.21. The zero-order valence-corrected chi connectivity index (χ0v) is 19.0. The van der Waals surface area contributed by atoms with Crippen molar-refractivity contribution < 1.29 is 14.3 Å². The zero-order valence-electron chi connectivity index (χ0n) is 19.0. The van der Waals surface area contributed by atoms with Gasteiger partial charge in [-0.15, -0.1) is 0 Å². The lowest BCUT2D eigenvalue weighted by atomic mass is 9.89. The van der Waals surface area contributed by atoms with Crippen LogP contribution in [-0.2, 0) is 16.1 Å². The van der Waals surface area contributed by atoms with Crippen molar-refractivity contribution in [3.63, 3.8) is 0 Å². The Balaban J connectivity index is 1.50. The predicted octanol–water partition coefficient (Wildman–Crippen LogP) is 2.91. The Labute approximate surface area is 186 Å². The van der Waals surface area contributed by atoms with Gasteiger partial charge in [0.25, 0.3) is 0 Å². The van der Waals surface area contributed by atoms with Gasteiger partial charge in [-0.3, -0.25) is 4.79 Å². The van der Waals surface area contributed by atoms with Gasteiger partial charge >= 0.3 is 0 Å². The van der Waals surface area contributed by atoms with E-state index >= 15 is 0 Å². The van der Waals surface area contributed by atoms with Crippen molar-refractivity contribution in [2.75, 3.05) is 32.8 Å². The molecule has 0 radical (unpaired) electrons. The summed E-state index contributed by atoms with van der Waals surface area (Å²) in [5, 5.41) is 9.65. The lowest BCUT2D eigenvalue weighted by Crippen LogP contribution is -2.42. The summed E-state index contributed by atoms with van der Waals surface area (Å²) in [7, 11) is 0. The summed E-state index contributed by atoms with van der Waals surface area (Å²) in [4.78, 5) is 17.0. The molecule has 1 atom stereocenters. The van der Waals surface area contributed by atoms with Gasteiger partial charge in [-0.25, -0.2) is 4.99 Å². The molecule has 0 aromatic heterocycles. The molecule has 31 heavy (non-hydrogen) atoms. The Morgan fingerprint density at radius 2 is 1.94 bits per heavy atom. The van der Waals surface area contributed by atoms with Gasteiger partial charge < -0.3 is 25.4 Å². The van der Waals surface area contributed by atoms with Gasteiger partial charge in [-0.1, -0.05) is 31.4 Å². The average molecular weight is 431 g/mol. The number of nitrogens with zero attached hydrogens (tertiary/aromatic N) is 1. The quantitative estimate of drug-likeness (QED) is 0.319. The molecule has 1 heterocycles. The number of aliphatic imine (C=N–C) groups is 1. The van der Waals surface area contributed by atoms with Gasteiger partial charge in [0.05, 0.1) is 19.8 Å². The highest BCUT2D eigenvalue weighted by Gasteiger charge is 2.20. The van der Waals surface area contributed by atoms with Crippen molar-refractivity contribution in [1.82, 2.24) is 16.0 Å². The summed E-state index contributed by atoms with van der Waals surface area (Å²) in [5.41, 5.74) is 2.22. The third-order valence-corrected chi connectivity index (χ3v) is 5.85. The monoisotopic (exact) mass is 430 g/mol. The molecule has 172 valence electrons. The zero-order chi connectivity index (χ0) is 21.9. The first-order chi connectivity index (χ1) is 15.2. The molecule has 2 aliphatic rings. The number of ether oxygens (including phenoxy) is 2. The normalized spacial score (nSPS) is 19.8. The van der Waals surface area contributed by atoms with Gasteiger partial charge in [0.15, 0.2) is 5.96 Å². The molecule has 3 N–H and O–H groups in total. The van der Waals surface area contributed by atoms with Gasteiger partial charge in [-0.2, -0.15) is 0 Å². The van der Waals surface area contributed by atoms with Crippen LogP contribution < -0.4 is 20.7 Å². The van der Waals surface area contributed by atoms with E-state index in [1.807, 2.05) is 6.92 Å². The molecule has 3 rings (SSSR count). The standard InChI is InChI=1S/C24H38N4O3/c1-3-25-24(27-13-12-26-23(29)19-7-5-4-6-8-19)28-16-20-10-9-18(2)15-22(20)31-21-11-14-30-17-21/h9-10,15,19,21H,3-8,11-14,16-17H2,1-2H3,(H,26,29)(H2,25,27,28). The SMILES string of the molecule is CCNC(=NCc1ccc(C)cc1OC1CCOC1)NCCNC(=O)C1CCCCC1. The van der Waals surface area contributed by atoms with Crippen molar-refractivity contribution >= 4 is 11.9 Å². The first kappa shape index (κ1) is 23.4. The number of carbonyl (C=O) groups is 1. The van der Waals surface area contributed by atoms with Crippen LogP contribution in [0.1, 0.15) is 56.6 Å². The van der Waals surface area contributed by atoms with E-state index in [9.17, 15) is 4.79 Å². The smallest absolute Gasteiger partial charge is 0.223 e. The van der Waals surface area contributed by atoms with Crippen LogP contribution in [0.25, 0.3) is 0 Å². The third-order valence-electron chi connectivity index (χ3n) is 5.85. The van der Waals surface area contributed by atoms with Crippen molar-refractivity contribution in [3.05, 3.63) is 29.3 Å². The van der Waals surface area contributed by atoms with E-state index < -0.39 is 0 Å². The van der Waals surface area contributed by atoms with Crippen LogP contribution in [-0.4, -0.2) is 50.8 Å². The largest absolute Gasteiger partial charge is 0.488 e. The molecule has 1 aliphatic heterocycles. The molecule has 1 aromatic rings. The topological polar surface area (TPSA) is 84.0 Å². The summed E-state index contributed by atoms with van der Waals surface area (Å²) < 4.78 is 11.6. The molecule has 1 amide bonds. The number of nitrogens with one attached hydrogen (secondary N) is 3. The first-order valence-corrected chi connectivity index (χ1v) is 11.8. The van der Waals surface area contributed by atoms with Crippen molar-refractivity contribution in [2.24, 2.45) is 10.9 Å². The minimum Gasteiger partial charge on any atom is -0.488 e. The number of rotatable bonds is 9. The second-order valence-corrected chi connectivity index (χ2v) is 8.46. The molecule has 1 saturated heterocycles. The fraction of sp³-hybridized carbons (Fsp3) is 0.667. The lowest BCUT2D eigenvalue weighted by molar-refractivity contribution is -0.125. The van der Waals surface area contributed by atoms with E-state index in [0.29, 0.717) is 26.2 Å². The number of benzene rings is 1. The summed E-state index contributed by atoms with van der Waals surface area (Å²) in [6.45, 7) is 8.05. The fourth-order valence-corrected chi connectivity index (χ4v) is 4.07. The molecule has 2 fully saturated rings. The van der Waals surface area contributed by atoms with Crippen molar-refractivity contribution in [2.45, 2.75) is 65.0 Å². The molecule has 1 unspecified atom stereocenters. The molecule has 0 bridgehead atoms. The predicted molar refractivity (Wildman–Crippen MR) is 123 cm³/mol. The molecule has 0 spiro atoms. The van der Waals surface area contributed by atoms with Crippen LogP contribution in [0.2, 0.25) is 0 Å². The van der Waals surface area contributed by atoms with Gasteiger partial charge in [0.2, 0.25) is 5.91 Å². The van der Waals surface area contributed by atoms with Crippen LogP contribution in [0.15, 0.2) is 23.2 Å². The van der Waals surface area contributed by atoms with Crippen LogP contribution >= 0.6 is 0 Å². The van der Waals surface area contributed by atoms with Gasteiger partial charge in [0.1, 0.15) is 11.9 Å². The van der Waals surface area contributed by atoms with Crippen LogP contribution in [0.3, 0.4) is 0 Å². The van der Waals surface area contributed by atoms with E-state index in [2.05, 4.69) is 41.1 Å². The Bertz CT molecular complexity index is 726. The Hall–Kier alpha value is -2.28. The van der Waals surface area contributed by atoms with E-state index in [0.717, 1.165) is 49.7 Å². The Morgan fingerprint density at radius 1 is 1.13 bits per heavy atom. The Morgan fingerprint density at radius 3 is 2.68 bits per heavy atom. The molecule has 7 nitrogen and oxygen atoms in total. The number of hydrogen-bond acceptors (Lipinski definition) is 4. The number of carbonyl (C=O) groups excluding carboxylic acids is 1. The molecule has 1 saturated carbocycles. The molecule has 1 aliphatic carbocycles. The maximum Gasteiger partial charge on any atom is 0.223 e. The van der Waals surface area contributed by atoms with Crippen LogP contribution in [0, 0.1) is 12.8 Å². The van der Waals surface area contributed by atoms with E-state index in [4.69, 9.17) is 14.5 Å². The minimum absolute atomic E-state index is 0.115. The Kier molecular flexibility index (Phi) is 9.46. The van der Waals surface area contributed by atoms with Gasteiger partial charge in [0, 0.05) is 37.5 Å². The highest BCUT2D eigenvalue weighted by atomic mass is 16.5. The average Bonchev–Trinajstić information content (AvgIpc) is 3.29. The van der Waals surface area contributed by atoms with E-state index in [1.54, 1.807) is 0 Å². The van der Waals surface area contributed by atoms with E-state index in [-0.39, 0.29) is 17.9 Å². The highest BCUT2D eigenvalue weighted by molar-refractivity contribution is 5.80. The fourth-order valence-electron chi connectivity index (χ4n) is 4.07. The summed E-state index contributed by atoms with van der Waals surface area (Å²) in [5.74, 6) is 2.02. The number of guanidine groups is 1. The second kappa shape index (κ2) is 12.5. The van der Waals surface area contributed by atoms with Crippen molar-refractivity contribution in [1.29, 1.82) is 0 Å². The highest BCUT2D eigenvalue weighted by Crippen LogP contribution is 2.25. The summed E-state index contributed by atoms with van der Waals surface area (Å²) in [6.07, 6.45) is 6.69. The second-order valence-electron chi connectivity index (χ2n) is 8.46. The van der Waals surface area contributed by atoms with E-state index in [1.165, 1.54) is 24.8 Å². The molecular weight excluding hydrogens is 392 g/mol. The van der Waals surface area contributed by atoms with Crippen LogP contribution in [0.5, 0.6) is 5.75 Å². The van der Waals surface area contributed by atoms with Crippen molar-refractivity contribution in [3.8, 4) is 5.75 Å². The summed E-state index contributed by atoms with van der Waals surface area (Å²) >= 11 is 0. The first-order valence-electron chi connectivity index (χ1n) is 11.8. The molecular formula is C24H38N4O3. The summed E-state index contributed by atoms with van der Waals surface area (Å²) in [6, 6.07) is 6.24. The molecule has 1 aromatic carbocycles. The number of hydrogen-bond donors (Lipinski definition) is 3. The third kappa shape index (κ3) is 7.73. The minimum atomic E-state index is 0.115.